The largest absolute Gasteiger partial charge is 0.330 e. The minimum Gasteiger partial charge on any atom is -0.330 e. The second-order valence-corrected chi connectivity index (χ2v) is 4.78. The lowest BCUT2D eigenvalue weighted by Crippen LogP contribution is -2.04. The Morgan fingerprint density at radius 3 is 2.76 bits per heavy atom. The zero-order chi connectivity index (χ0) is 11.8. The van der Waals surface area contributed by atoms with Crippen molar-refractivity contribution in [1.82, 2.24) is 9.78 Å². The number of benzene rings is 1. The van der Waals surface area contributed by atoms with E-state index in [0.29, 0.717) is 11.8 Å². The highest BCUT2D eigenvalue weighted by Gasteiger charge is 2.39. The van der Waals surface area contributed by atoms with Gasteiger partial charge in [0.05, 0.1) is 5.69 Å². The van der Waals surface area contributed by atoms with Crippen molar-refractivity contribution >= 4 is 0 Å². The van der Waals surface area contributed by atoms with Crippen LogP contribution in [0.2, 0.25) is 0 Å². The molecule has 2 N–H and O–H groups in total. The Labute approximate surface area is 101 Å². The molecule has 1 heterocycles. The topological polar surface area (TPSA) is 43.8 Å². The fourth-order valence-corrected chi connectivity index (χ4v) is 2.45. The first-order chi connectivity index (χ1) is 8.29. The average molecular weight is 227 g/mol. The van der Waals surface area contributed by atoms with Crippen LogP contribution < -0.4 is 5.73 Å². The van der Waals surface area contributed by atoms with Crippen molar-refractivity contribution in [1.29, 1.82) is 0 Å². The van der Waals surface area contributed by atoms with Gasteiger partial charge in [-0.15, -0.1) is 0 Å². The molecule has 2 aromatic rings. The number of hydrogen-bond acceptors (Lipinski definition) is 2. The average Bonchev–Trinajstić information content (AvgIpc) is 3.05. The predicted molar refractivity (Wildman–Crippen MR) is 68.5 cm³/mol. The molecule has 2 atom stereocenters. The van der Waals surface area contributed by atoms with Crippen molar-refractivity contribution < 1.29 is 0 Å². The maximum absolute atomic E-state index is 5.70. The third-order valence-electron chi connectivity index (χ3n) is 3.59. The van der Waals surface area contributed by atoms with E-state index in [1.807, 2.05) is 29.9 Å². The van der Waals surface area contributed by atoms with Crippen molar-refractivity contribution in [2.75, 3.05) is 6.54 Å². The van der Waals surface area contributed by atoms with Gasteiger partial charge in [0.2, 0.25) is 0 Å². The normalized spacial score (nSPS) is 22.7. The molecule has 0 aliphatic heterocycles. The molecule has 3 heteroatoms. The van der Waals surface area contributed by atoms with Crippen LogP contribution in [0.3, 0.4) is 0 Å². The summed E-state index contributed by atoms with van der Waals surface area (Å²) >= 11 is 0. The van der Waals surface area contributed by atoms with Gasteiger partial charge in [-0.25, -0.2) is 0 Å². The lowest BCUT2D eigenvalue weighted by molar-refractivity contribution is 0.691. The van der Waals surface area contributed by atoms with E-state index in [1.54, 1.807) is 0 Å². The Balaban J connectivity index is 1.92. The van der Waals surface area contributed by atoms with Gasteiger partial charge in [0, 0.05) is 24.2 Å². The summed E-state index contributed by atoms with van der Waals surface area (Å²) in [4.78, 5) is 0. The van der Waals surface area contributed by atoms with Gasteiger partial charge in [0.1, 0.15) is 0 Å². The Hall–Kier alpha value is -1.61. The summed E-state index contributed by atoms with van der Waals surface area (Å²) in [7, 11) is 2.02. The molecule has 0 saturated heterocycles. The van der Waals surface area contributed by atoms with Crippen LogP contribution in [0.15, 0.2) is 36.4 Å². The molecule has 17 heavy (non-hydrogen) atoms. The Morgan fingerprint density at radius 1 is 1.35 bits per heavy atom. The van der Waals surface area contributed by atoms with Gasteiger partial charge in [-0.05, 0) is 24.9 Å². The van der Waals surface area contributed by atoms with E-state index in [-0.39, 0.29) is 0 Å². The SMILES string of the molecule is Cn1nc(-c2ccccc2)cc1C1CC1CN. The fraction of sp³-hybridized carbons (Fsp3) is 0.357. The molecule has 0 spiro atoms. The molecule has 3 nitrogen and oxygen atoms in total. The van der Waals surface area contributed by atoms with Crippen LogP contribution >= 0.6 is 0 Å². The van der Waals surface area contributed by atoms with Crippen molar-refractivity contribution in [2.24, 2.45) is 18.7 Å². The molecule has 0 amide bonds. The summed E-state index contributed by atoms with van der Waals surface area (Å²) in [5.41, 5.74) is 9.26. The molecule has 1 fully saturated rings. The molecule has 1 aliphatic carbocycles. The van der Waals surface area contributed by atoms with Gasteiger partial charge < -0.3 is 5.73 Å². The highest BCUT2D eigenvalue weighted by atomic mass is 15.3. The van der Waals surface area contributed by atoms with E-state index in [1.165, 1.54) is 17.7 Å². The molecule has 1 saturated carbocycles. The van der Waals surface area contributed by atoms with E-state index in [2.05, 4.69) is 23.3 Å². The standard InChI is InChI=1S/C14H17N3/c1-17-14(12-7-11(12)9-15)8-13(16-17)10-5-3-2-4-6-10/h2-6,8,11-12H,7,9,15H2,1H3. The zero-order valence-corrected chi connectivity index (χ0v) is 10.0. The van der Waals surface area contributed by atoms with E-state index >= 15 is 0 Å². The number of aryl methyl sites for hydroxylation is 1. The third kappa shape index (κ3) is 1.87. The number of nitrogens with two attached hydrogens (primary N) is 1. The summed E-state index contributed by atoms with van der Waals surface area (Å²) in [5, 5.41) is 4.59. The Kier molecular flexibility index (Phi) is 2.48. The highest BCUT2D eigenvalue weighted by molar-refractivity contribution is 5.59. The molecule has 1 aliphatic rings. The minimum absolute atomic E-state index is 0.620. The summed E-state index contributed by atoms with van der Waals surface area (Å²) in [5.74, 6) is 1.28. The predicted octanol–water partition coefficient (Wildman–Crippen LogP) is 2.15. The molecule has 0 radical (unpaired) electrons. The molecule has 1 aromatic heterocycles. The van der Waals surface area contributed by atoms with E-state index in [0.717, 1.165) is 12.2 Å². The van der Waals surface area contributed by atoms with Crippen LogP contribution in [0.25, 0.3) is 11.3 Å². The monoisotopic (exact) mass is 227 g/mol. The van der Waals surface area contributed by atoms with Crippen LogP contribution in [0.5, 0.6) is 0 Å². The first-order valence-corrected chi connectivity index (χ1v) is 6.09. The lowest BCUT2D eigenvalue weighted by Gasteiger charge is -1.98. The number of aromatic nitrogens is 2. The van der Waals surface area contributed by atoms with E-state index in [4.69, 9.17) is 5.73 Å². The van der Waals surface area contributed by atoms with Crippen LogP contribution in [-0.2, 0) is 7.05 Å². The number of rotatable bonds is 3. The van der Waals surface area contributed by atoms with Gasteiger partial charge in [-0.1, -0.05) is 30.3 Å². The molecule has 1 aromatic carbocycles. The molecule has 3 rings (SSSR count). The third-order valence-corrected chi connectivity index (χ3v) is 3.59. The molecular weight excluding hydrogens is 210 g/mol. The Morgan fingerprint density at radius 2 is 2.12 bits per heavy atom. The van der Waals surface area contributed by atoms with E-state index in [9.17, 15) is 0 Å². The van der Waals surface area contributed by atoms with Crippen LogP contribution in [0.1, 0.15) is 18.0 Å². The molecule has 0 bridgehead atoms. The second kappa shape index (κ2) is 4.00. The fourth-order valence-electron chi connectivity index (χ4n) is 2.45. The number of hydrogen-bond donors (Lipinski definition) is 1. The summed E-state index contributed by atoms with van der Waals surface area (Å²) in [6.07, 6.45) is 1.21. The maximum atomic E-state index is 5.70. The number of nitrogens with zero attached hydrogens (tertiary/aromatic N) is 2. The van der Waals surface area contributed by atoms with Crippen LogP contribution in [-0.4, -0.2) is 16.3 Å². The second-order valence-electron chi connectivity index (χ2n) is 4.78. The lowest BCUT2D eigenvalue weighted by atomic mass is 10.1. The van der Waals surface area contributed by atoms with Crippen LogP contribution in [0, 0.1) is 5.92 Å². The van der Waals surface area contributed by atoms with Crippen molar-refractivity contribution in [3.63, 3.8) is 0 Å². The van der Waals surface area contributed by atoms with Crippen LogP contribution in [0.4, 0.5) is 0 Å². The first-order valence-electron chi connectivity index (χ1n) is 6.09. The van der Waals surface area contributed by atoms with Gasteiger partial charge in [-0.3, -0.25) is 4.68 Å². The van der Waals surface area contributed by atoms with Gasteiger partial charge in [0.25, 0.3) is 0 Å². The summed E-state index contributed by atoms with van der Waals surface area (Å²) in [6.45, 7) is 0.788. The van der Waals surface area contributed by atoms with Crippen molar-refractivity contribution in [3.05, 3.63) is 42.1 Å². The molecule has 2 unspecified atom stereocenters. The smallest absolute Gasteiger partial charge is 0.0926 e. The quantitative estimate of drug-likeness (QED) is 0.873. The highest BCUT2D eigenvalue weighted by Crippen LogP contribution is 2.47. The summed E-state index contributed by atoms with van der Waals surface area (Å²) in [6, 6.07) is 12.5. The molecular formula is C14H17N3. The maximum Gasteiger partial charge on any atom is 0.0926 e. The minimum atomic E-state index is 0.620. The summed E-state index contributed by atoms with van der Waals surface area (Å²) < 4.78 is 2.00. The zero-order valence-electron chi connectivity index (χ0n) is 10.0. The van der Waals surface area contributed by atoms with E-state index < -0.39 is 0 Å². The van der Waals surface area contributed by atoms with Gasteiger partial charge in [0.15, 0.2) is 0 Å². The van der Waals surface area contributed by atoms with Crippen molar-refractivity contribution in [2.45, 2.75) is 12.3 Å². The first kappa shape index (κ1) is 10.5. The van der Waals surface area contributed by atoms with Gasteiger partial charge in [-0.2, -0.15) is 5.10 Å². The Bertz CT molecular complexity index is 516. The molecule has 88 valence electrons. The van der Waals surface area contributed by atoms with Crippen molar-refractivity contribution in [3.8, 4) is 11.3 Å². The van der Waals surface area contributed by atoms with Gasteiger partial charge >= 0.3 is 0 Å².